The normalized spacial score (nSPS) is 13.9. The first-order valence-corrected chi connectivity index (χ1v) is 10.9. The second kappa shape index (κ2) is 7.10. The Morgan fingerprint density at radius 1 is 1.25 bits per heavy atom. The summed E-state index contributed by atoms with van der Waals surface area (Å²) in [5.41, 5.74) is 8.37. The number of pyridine rings is 1. The van der Waals surface area contributed by atoms with Crippen molar-refractivity contribution in [1.29, 1.82) is 0 Å². The third-order valence-electron chi connectivity index (χ3n) is 4.79. The van der Waals surface area contributed by atoms with Crippen molar-refractivity contribution in [1.82, 2.24) is 19.7 Å². The first-order chi connectivity index (χ1) is 13.7. The molecule has 28 heavy (non-hydrogen) atoms. The van der Waals surface area contributed by atoms with Crippen molar-refractivity contribution < 1.29 is 4.74 Å². The molecule has 5 rings (SSSR count). The van der Waals surface area contributed by atoms with Gasteiger partial charge in [-0.1, -0.05) is 23.9 Å². The summed E-state index contributed by atoms with van der Waals surface area (Å²) >= 11 is 3.28. The van der Waals surface area contributed by atoms with Gasteiger partial charge in [-0.15, -0.1) is 21.5 Å². The van der Waals surface area contributed by atoms with Crippen LogP contribution in [0.15, 0.2) is 47.8 Å². The highest BCUT2D eigenvalue weighted by molar-refractivity contribution is 7.98. The Hall–Kier alpha value is -2.58. The number of benzene rings is 1. The van der Waals surface area contributed by atoms with E-state index in [0.717, 1.165) is 56.1 Å². The van der Waals surface area contributed by atoms with Crippen molar-refractivity contribution in [2.45, 2.75) is 29.8 Å². The Morgan fingerprint density at radius 3 is 2.93 bits per heavy atom. The van der Waals surface area contributed by atoms with Gasteiger partial charge in [0.2, 0.25) is 0 Å². The van der Waals surface area contributed by atoms with E-state index >= 15 is 0 Å². The maximum Gasteiger partial charge on any atom is 0.192 e. The molecule has 3 aromatic heterocycles. The zero-order chi connectivity index (χ0) is 19.1. The Labute approximate surface area is 170 Å². The van der Waals surface area contributed by atoms with Crippen molar-refractivity contribution in [3.63, 3.8) is 0 Å². The van der Waals surface area contributed by atoms with E-state index < -0.39 is 0 Å². The molecule has 1 fully saturated rings. The predicted molar refractivity (Wildman–Crippen MR) is 114 cm³/mol. The minimum Gasteiger partial charge on any atom is -0.497 e. The lowest BCUT2D eigenvalue weighted by molar-refractivity contribution is 0.414. The molecule has 2 N–H and O–H groups in total. The van der Waals surface area contributed by atoms with E-state index in [4.69, 9.17) is 10.5 Å². The van der Waals surface area contributed by atoms with Gasteiger partial charge in [0.05, 0.1) is 17.7 Å². The molecular formula is C20H19N5OS2. The smallest absolute Gasteiger partial charge is 0.192 e. The van der Waals surface area contributed by atoms with Gasteiger partial charge in [0.15, 0.2) is 11.0 Å². The lowest BCUT2D eigenvalue weighted by Crippen LogP contribution is -2.00. The summed E-state index contributed by atoms with van der Waals surface area (Å²) in [6.07, 6.45) is 4.10. The molecule has 0 atom stereocenters. The zero-order valence-electron chi connectivity index (χ0n) is 15.3. The second-order valence-electron chi connectivity index (χ2n) is 6.75. The number of nitrogens with two attached hydrogens (primary N) is 1. The summed E-state index contributed by atoms with van der Waals surface area (Å²) in [5, 5.41) is 10.9. The van der Waals surface area contributed by atoms with Crippen LogP contribution in [0.1, 0.15) is 24.4 Å². The van der Waals surface area contributed by atoms with Crippen molar-refractivity contribution in [3.05, 3.63) is 48.2 Å². The molecule has 1 aromatic carbocycles. The fourth-order valence-corrected chi connectivity index (χ4v) is 5.21. The molecule has 0 bridgehead atoms. The van der Waals surface area contributed by atoms with Crippen molar-refractivity contribution in [2.24, 2.45) is 0 Å². The largest absolute Gasteiger partial charge is 0.497 e. The molecule has 1 aliphatic rings. The summed E-state index contributed by atoms with van der Waals surface area (Å²) in [6.45, 7) is 0. The van der Waals surface area contributed by atoms with Crippen LogP contribution in [0, 0.1) is 0 Å². The predicted octanol–water partition coefficient (Wildman–Crippen LogP) is 4.77. The fourth-order valence-electron chi connectivity index (χ4n) is 3.22. The quantitative estimate of drug-likeness (QED) is 0.462. The van der Waals surface area contributed by atoms with E-state index in [0.29, 0.717) is 6.04 Å². The average molecular weight is 410 g/mol. The number of anilines is 1. The number of hydrogen-bond acceptors (Lipinski definition) is 7. The van der Waals surface area contributed by atoms with Gasteiger partial charge in [0.25, 0.3) is 0 Å². The highest BCUT2D eigenvalue weighted by atomic mass is 32.2. The molecule has 0 unspecified atom stereocenters. The summed E-state index contributed by atoms with van der Waals surface area (Å²) in [7, 11) is 1.69. The maximum absolute atomic E-state index is 6.44. The van der Waals surface area contributed by atoms with Gasteiger partial charge in [-0.05, 0) is 42.7 Å². The second-order valence-corrected chi connectivity index (χ2v) is 8.69. The van der Waals surface area contributed by atoms with E-state index in [1.807, 2.05) is 24.3 Å². The number of hydrogen-bond donors (Lipinski definition) is 1. The van der Waals surface area contributed by atoms with E-state index in [2.05, 4.69) is 31.9 Å². The molecule has 6 nitrogen and oxygen atoms in total. The van der Waals surface area contributed by atoms with Gasteiger partial charge in [-0.3, -0.25) is 4.57 Å². The molecule has 142 valence electrons. The lowest BCUT2D eigenvalue weighted by Gasteiger charge is -2.09. The topological polar surface area (TPSA) is 78.8 Å². The number of aromatic nitrogens is 4. The Bertz CT molecular complexity index is 1150. The molecule has 8 heteroatoms. The van der Waals surface area contributed by atoms with Gasteiger partial charge >= 0.3 is 0 Å². The number of fused-ring (bicyclic) bond motifs is 1. The van der Waals surface area contributed by atoms with Crippen LogP contribution in [0.25, 0.3) is 20.9 Å². The molecule has 0 amide bonds. The minimum absolute atomic E-state index is 0.454. The fraction of sp³-hybridized carbons (Fsp3) is 0.250. The summed E-state index contributed by atoms with van der Waals surface area (Å²) < 4.78 is 7.58. The summed E-state index contributed by atoms with van der Waals surface area (Å²) in [5.74, 6) is 2.54. The van der Waals surface area contributed by atoms with Crippen molar-refractivity contribution in [3.8, 4) is 16.5 Å². The van der Waals surface area contributed by atoms with Crippen LogP contribution in [-0.2, 0) is 5.75 Å². The minimum atomic E-state index is 0.454. The SMILES string of the molecule is COc1cccc(CSc2nnc(-c3sc4ncccc4c3N)n2C2CC2)c1. The molecule has 0 saturated heterocycles. The van der Waals surface area contributed by atoms with E-state index in [-0.39, 0.29) is 0 Å². The first-order valence-electron chi connectivity index (χ1n) is 9.08. The molecule has 4 aromatic rings. The van der Waals surface area contributed by atoms with Crippen LogP contribution in [0.3, 0.4) is 0 Å². The molecule has 0 radical (unpaired) electrons. The van der Waals surface area contributed by atoms with Gasteiger partial charge in [0, 0.05) is 23.4 Å². The van der Waals surface area contributed by atoms with Crippen molar-refractivity contribution >= 4 is 39.0 Å². The number of nitrogen functional groups attached to an aromatic ring is 1. The third-order valence-corrected chi connectivity index (χ3v) is 6.93. The lowest BCUT2D eigenvalue weighted by atomic mass is 10.2. The van der Waals surface area contributed by atoms with Crippen LogP contribution in [0.4, 0.5) is 5.69 Å². The highest BCUT2D eigenvalue weighted by Crippen LogP contribution is 2.45. The summed E-state index contributed by atoms with van der Waals surface area (Å²) in [6, 6.07) is 12.5. The maximum atomic E-state index is 6.44. The standard InChI is InChI=1S/C20H19N5OS2/c1-26-14-5-2-4-12(10-14)11-27-20-24-23-18(25(20)13-7-8-13)17-16(21)15-6-3-9-22-19(15)28-17/h2-6,9-10,13H,7-8,11,21H2,1H3. The van der Waals surface area contributed by atoms with Crippen LogP contribution in [0.5, 0.6) is 5.75 Å². The Kier molecular flexibility index (Phi) is 4.44. The Balaban J connectivity index is 1.49. The van der Waals surface area contributed by atoms with Gasteiger partial charge in [0.1, 0.15) is 10.6 Å². The van der Waals surface area contributed by atoms with Gasteiger partial charge in [-0.25, -0.2) is 4.98 Å². The van der Waals surface area contributed by atoms with E-state index in [1.165, 1.54) is 5.56 Å². The van der Waals surface area contributed by atoms with Crippen LogP contribution in [-0.4, -0.2) is 26.9 Å². The van der Waals surface area contributed by atoms with Crippen LogP contribution < -0.4 is 10.5 Å². The average Bonchev–Trinajstić information content (AvgIpc) is 3.40. The molecule has 3 heterocycles. The highest BCUT2D eigenvalue weighted by Gasteiger charge is 2.31. The molecule has 0 spiro atoms. The molecule has 1 aliphatic carbocycles. The van der Waals surface area contributed by atoms with Crippen LogP contribution in [0.2, 0.25) is 0 Å². The molecule has 1 saturated carbocycles. The number of ether oxygens (including phenoxy) is 1. The van der Waals surface area contributed by atoms with Gasteiger partial charge in [-0.2, -0.15) is 0 Å². The third kappa shape index (κ3) is 3.12. The van der Waals surface area contributed by atoms with Crippen molar-refractivity contribution in [2.75, 3.05) is 12.8 Å². The number of nitrogens with zero attached hydrogens (tertiary/aromatic N) is 4. The molecular weight excluding hydrogens is 390 g/mol. The number of methoxy groups -OCH3 is 1. The van der Waals surface area contributed by atoms with E-state index in [9.17, 15) is 0 Å². The summed E-state index contributed by atoms with van der Waals surface area (Å²) in [4.78, 5) is 6.34. The Morgan fingerprint density at radius 2 is 2.14 bits per heavy atom. The van der Waals surface area contributed by atoms with Crippen LogP contribution >= 0.6 is 23.1 Å². The zero-order valence-corrected chi connectivity index (χ0v) is 17.0. The first kappa shape index (κ1) is 17.5. The van der Waals surface area contributed by atoms with E-state index in [1.54, 1.807) is 36.4 Å². The molecule has 0 aliphatic heterocycles. The number of thioether (sulfide) groups is 1. The van der Waals surface area contributed by atoms with Gasteiger partial charge < -0.3 is 10.5 Å². The number of thiophene rings is 1. The number of rotatable bonds is 6. The monoisotopic (exact) mass is 409 g/mol.